The topological polar surface area (TPSA) is 46.2 Å². The van der Waals surface area contributed by atoms with Crippen molar-refractivity contribution < 1.29 is 5.11 Å². The number of nitrogens with two attached hydrogens (primary N) is 1. The van der Waals surface area contributed by atoms with Gasteiger partial charge < -0.3 is 10.8 Å². The molecule has 1 aromatic rings. The average molecular weight is 267 g/mol. The van der Waals surface area contributed by atoms with Crippen molar-refractivity contribution in [3.8, 4) is 0 Å². The van der Waals surface area contributed by atoms with Crippen molar-refractivity contribution in [2.24, 2.45) is 5.73 Å². The normalized spacial score (nSPS) is 14.8. The van der Waals surface area contributed by atoms with Crippen LogP contribution in [0.3, 0.4) is 0 Å². The van der Waals surface area contributed by atoms with Crippen LogP contribution < -0.4 is 5.73 Å². The van der Waals surface area contributed by atoms with Crippen molar-refractivity contribution in [2.45, 2.75) is 50.0 Å². The molecule has 2 nitrogen and oxygen atoms in total. The third-order valence-electron chi connectivity index (χ3n) is 3.11. The average Bonchev–Trinajstić information content (AvgIpc) is 2.35. The van der Waals surface area contributed by atoms with Gasteiger partial charge in [0, 0.05) is 11.4 Å². The Balaban J connectivity index is 2.32. The van der Waals surface area contributed by atoms with Crippen LogP contribution in [0.15, 0.2) is 29.2 Å². The van der Waals surface area contributed by atoms with E-state index < -0.39 is 5.60 Å². The molecular formula is C15H25NOS. The Bertz CT molecular complexity index is 346. The van der Waals surface area contributed by atoms with Gasteiger partial charge in [-0.3, -0.25) is 0 Å². The van der Waals surface area contributed by atoms with Crippen LogP contribution in [0.2, 0.25) is 0 Å². The van der Waals surface area contributed by atoms with Crippen LogP contribution in [-0.2, 0) is 0 Å². The third-order valence-corrected chi connectivity index (χ3v) is 4.21. The molecule has 0 fully saturated rings. The summed E-state index contributed by atoms with van der Waals surface area (Å²) in [5.41, 5.74) is 6.16. The molecular weight excluding hydrogens is 242 g/mol. The number of thioether (sulfide) groups is 1. The van der Waals surface area contributed by atoms with Gasteiger partial charge in [0.2, 0.25) is 0 Å². The summed E-state index contributed by atoms with van der Waals surface area (Å²) in [5.74, 6) is 1.61. The zero-order chi connectivity index (χ0) is 13.6. The van der Waals surface area contributed by atoms with Crippen molar-refractivity contribution >= 4 is 11.8 Å². The summed E-state index contributed by atoms with van der Waals surface area (Å²) in [5, 5.41) is 9.78. The Kier molecular flexibility index (Phi) is 6.19. The highest BCUT2D eigenvalue weighted by molar-refractivity contribution is 7.99. The third kappa shape index (κ3) is 5.42. The highest BCUT2D eigenvalue weighted by atomic mass is 32.2. The van der Waals surface area contributed by atoms with Gasteiger partial charge >= 0.3 is 0 Å². The quantitative estimate of drug-likeness (QED) is 0.588. The monoisotopic (exact) mass is 267 g/mol. The van der Waals surface area contributed by atoms with Gasteiger partial charge in [-0.05, 0) is 49.1 Å². The zero-order valence-corrected chi connectivity index (χ0v) is 12.5. The first kappa shape index (κ1) is 15.5. The van der Waals surface area contributed by atoms with Gasteiger partial charge in [0.05, 0.1) is 5.60 Å². The van der Waals surface area contributed by atoms with Gasteiger partial charge in [-0.1, -0.05) is 26.0 Å². The second-order valence-electron chi connectivity index (χ2n) is 5.38. The highest BCUT2D eigenvalue weighted by Crippen LogP contribution is 2.23. The van der Waals surface area contributed by atoms with Crippen LogP contribution in [0.25, 0.3) is 0 Å². The molecule has 1 unspecified atom stereocenters. The molecule has 0 heterocycles. The van der Waals surface area contributed by atoms with Crippen molar-refractivity contribution in [1.82, 2.24) is 0 Å². The number of hydrogen-bond acceptors (Lipinski definition) is 3. The highest BCUT2D eigenvalue weighted by Gasteiger charge is 2.16. The molecule has 1 aromatic carbocycles. The lowest BCUT2D eigenvalue weighted by atomic mass is 10.0. The van der Waals surface area contributed by atoms with Gasteiger partial charge in [0.25, 0.3) is 0 Å². The maximum Gasteiger partial charge on any atom is 0.0741 e. The molecule has 0 bridgehead atoms. The first-order chi connectivity index (χ1) is 8.44. The Morgan fingerprint density at radius 2 is 1.89 bits per heavy atom. The molecule has 0 radical (unpaired) electrons. The van der Waals surface area contributed by atoms with E-state index in [4.69, 9.17) is 5.73 Å². The number of aliphatic hydroxyl groups is 1. The SMILES string of the molecule is CC(C)c1ccc(SCCCC(C)(O)CN)cc1. The molecule has 1 atom stereocenters. The van der Waals surface area contributed by atoms with Crippen LogP contribution in [0.5, 0.6) is 0 Å². The van der Waals surface area contributed by atoms with Crippen molar-refractivity contribution in [3.05, 3.63) is 29.8 Å². The van der Waals surface area contributed by atoms with E-state index in [1.807, 2.05) is 11.8 Å². The summed E-state index contributed by atoms with van der Waals surface area (Å²) in [4.78, 5) is 1.30. The van der Waals surface area contributed by atoms with E-state index in [1.165, 1.54) is 10.5 Å². The molecule has 0 saturated heterocycles. The summed E-state index contributed by atoms with van der Waals surface area (Å²) < 4.78 is 0. The maximum absolute atomic E-state index is 9.78. The molecule has 0 amide bonds. The fraction of sp³-hybridized carbons (Fsp3) is 0.600. The molecule has 0 aliphatic heterocycles. The molecule has 1 rings (SSSR count). The number of benzene rings is 1. The first-order valence-corrected chi connectivity index (χ1v) is 7.58. The molecule has 0 spiro atoms. The van der Waals surface area contributed by atoms with Crippen molar-refractivity contribution in [2.75, 3.05) is 12.3 Å². The van der Waals surface area contributed by atoms with Crippen LogP contribution in [0.1, 0.15) is 45.1 Å². The van der Waals surface area contributed by atoms with Gasteiger partial charge in [-0.2, -0.15) is 0 Å². The van der Waals surface area contributed by atoms with E-state index in [0.717, 1.165) is 18.6 Å². The lowest BCUT2D eigenvalue weighted by Crippen LogP contribution is -2.34. The molecule has 0 aliphatic carbocycles. The largest absolute Gasteiger partial charge is 0.389 e. The molecule has 3 heteroatoms. The fourth-order valence-electron chi connectivity index (χ4n) is 1.69. The summed E-state index contributed by atoms with van der Waals surface area (Å²) in [6.07, 6.45) is 1.75. The van der Waals surface area contributed by atoms with E-state index >= 15 is 0 Å². The molecule has 102 valence electrons. The lowest BCUT2D eigenvalue weighted by molar-refractivity contribution is 0.0596. The smallest absolute Gasteiger partial charge is 0.0741 e. The van der Waals surface area contributed by atoms with Crippen LogP contribution in [-0.4, -0.2) is 23.0 Å². The lowest BCUT2D eigenvalue weighted by Gasteiger charge is -2.20. The molecule has 0 saturated carbocycles. The number of rotatable bonds is 7. The van der Waals surface area contributed by atoms with E-state index in [-0.39, 0.29) is 0 Å². The minimum Gasteiger partial charge on any atom is -0.389 e. The molecule has 0 aromatic heterocycles. The summed E-state index contributed by atoms with van der Waals surface area (Å²) >= 11 is 1.84. The second kappa shape index (κ2) is 7.17. The van der Waals surface area contributed by atoms with E-state index in [1.54, 1.807) is 6.92 Å². The molecule has 18 heavy (non-hydrogen) atoms. The number of hydrogen-bond donors (Lipinski definition) is 2. The van der Waals surface area contributed by atoms with Gasteiger partial charge in [-0.15, -0.1) is 11.8 Å². The van der Waals surface area contributed by atoms with Gasteiger partial charge in [0.1, 0.15) is 0 Å². The Morgan fingerprint density at radius 3 is 2.39 bits per heavy atom. The molecule has 3 N–H and O–H groups in total. The second-order valence-corrected chi connectivity index (χ2v) is 6.55. The van der Waals surface area contributed by atoms with E-state index in [2.05, 4.69) is 38.1 Å². The van der Waals surface area contributed by atoms with Crippen LogP contribution >= 0.6 is 11.8 Å². The Hall–Kier alpha value is -0.510. The Morgan fingerprint density at radius 1 is 1.28 bits per heavy atom. The fourth-order valence-corrected chi connectivity index (χ4v) is 2.55. The van der Waals surface area contributed by atoms with Crippen molar-refractivity contribution in [1.29, 1.82) is 0 Å². The summed E-state index contributed by atoms with van der Waals surface area (Å²) in [6.45, 7) is 6.55. The molecule has 0 aliphatic rings. The first-order valence-electron chi connectivity index (χ1n) is 6.60. The standard InChI is InChI=1S/C15H25NOS/c1-12(2)13-5-7-14(8-6-13)18-10-4-9-15(3,17)11-16/h5-8,12,17H,4,9-11,16H2,1-3H3. The van der Waals surface area contributed by atoms with Crippen molar-refractivity contribution in [3.63, 3.8) is 0 Å². The minimum atomic E-state index is -0.706. The van der Waals surface area contributed by atoms with E-state index in [9.17, 15) is 5.11 Å². The predicted octanol–water partition coefficient (Wildman–Crippen LogP) is 3.39. The maximum atomic E-state index is 9.78. The van der Waals surface area contributed by atoms with Gasteiger partial charge in [0.15, 0.2) is 0 Å². The zero-order valence-electron chi connectivity index (χ0n) is 11.6. The van der Waals surface area contributed by atoms with E-state index in [0.29, 0.717) is 12.5 Å². The van der Waals surface area contributed by atoms with Gasteiger partial charge in [-0.25, -0.2) is 0 Å². The van der Waals surface area contributed by atoms with Crippen LogP contribution in [0, 0.1) is 0 Å². The minimum absolute atomic E-state index is 0.334. The summed E-state index contributed by atoms with van der Waals surface area (Å²) in [7, 11) is 0. The summed E-state index contributed by atoms with van der Waals surface area (Å²) in [6, 6.07) is 8.76. The predicted molar refractivity (Wildman–Crippen MR) is 80.2 cm³/mol. The van der Waals surface area contributed by atoms with Crippen LogP contribution in [0.4, 0.5) is 0 Å². The Labute approximate surface area is 115 Å².